The van der Waals surface area contributed by atoms with Gasteiger partial charge < -0.3 is 10.5 Å². The van der Waals surface area contributed by atoms with Crippen LogP contribution in [0.1, 0.15) is 18.0 Å². The van der Waals surface area contributed by atoms with Gasteiger partial charge in [0.15, 0.2) is 0 Å². The fraction of sp³-hybridized carbons (Fsp3) is 0.455. The first-order valence-electron chi connectivity index (χ1n) is 5.21. The van der Waals surface area contributed by atoms with Gasteiger partial charge in [-0.2, -0.15) is 17.6 Å². The molecular weight excluding hydrogens is 312 g/mol. The van der Waals surface area contributed by atoms with Gasteiger partial charge in [0.2, 0.25) is 6.43 Å². The molecule has 0 amide bonds. The molecule has 0 saturated carbocycles. The third-order valence-corrected chi connectivity index (χ3v) is 2.25. The highest BCUT2D eigenvalue weighted by Gasteiger charge is 2.44. The molecule has 1 atom stereocenters. The normalized spacial score (nSPS) is 13.2. The zero-order chi connectivity index (χ0) is 14.6. The summed E-state index contributed by atoms with van der Waals surface area (Å²) in [6.07, 6.45) is -12.3. The van der Waals surface area contributed by atoms with E-state index < -0.39 is 37.2 Å². The second kappa shape index (κ2) is 7.58. The summed E-state index contributed by atoms with van der Waals surface area (Å²) in [4.78, 5) is 0. The molecule has 2 nitrogen and oxygen atoms in total. The molecule has 0 aliphatic rings. The van der Waals surface area contributed by atoms with Gasteiger partial charge in [0.25, 0.3) is 0 Å². The van der Waals surface area contributed by atoms with Gasteiger partial charge >= 0.3 is 12.5 Å². The highest BCUT2D eigenvalue weighted by atomic mass is 35.5. The lowest BCUT2D eigenvalue weighted by Crippen LogP contribution is -2.34. The summed E-state index contributed by atoms with van der Waals surface area (Å²) >= 11 is 0. The average Bonchev–Trinajstić information content (AvgIpc) is 2.27. The van der Waals surface area contributed by atoms with Crippen LogP contribution in [-0.4, -0.2) is 19.0 Å². The van der Waals surface area contributed by atoms with E-state index in [1.54, 1.807) is 0 Å². The Morgan fingerprint density at radius 2 is 1.65 bits per heavy atom. The molecule has 0 saturated heterocycles. The van der Waals surface area contributed by atoms with E-state index in [0.717, 1.165) is 6.07 Å². The summed E-state index contributed by atoms with van der Waals surface area (Å²) in [6, 6.07) is 3.45. The van der Waals surface area contributed by atoms with Crippen LogP contribution in [0.25, 0.3) is 0 Å². The van der Waals surface area contributed by atoms with Crippen molar-refractivity contribution < 1.29 is 31.1 Å². The second-order valence-corrected chi connectivity index (χ2v) is 3.74. The number of benzene rings is 1. The van der Waals surface area contributed by atoms with E-state index in [-0.39, 0.29) is 18.0 Å². The fourth-order valence-corrected chi connectivity index (χ4v) is 1.39. The van der Waals surface area contributed by atoms with E-state index in [0.29, 0.717) is 0 Å². The van der Waals surface area contributed by atoms with Gasteiger partial charge in [-0.1, -0.05) is 18.2 Å². The van der Waals surface area contributed by atoms with Crippen molar-refractivity contribution in [2.75, 3.05) is 0 Å². The molecule has 0 radical (unpaired) electrons. The molecule has 0 aliphatic heterocycles. The summed E-state index contributed by atoms with van der Waals surface area (Å²) in [5.41, 5.74) is 5.22. The molecule has 0 aromatic heterocycles. The summed E-state index contributed by atoms with van der Waals surface area (Å²) in [7, 11) is 0. The molecule has 1 aromatic carbocycles. The van der Waals surface area contributed by atoms with Gasteiger partial charge in [-0.05, 0) is 6.07 Å². The van der Waals surface area contributed by atoms with E-state index in [1.807, 2.05) is 0 Å². The third kappa shape index (κ3) is 5.09. The van der Waals surface area contributed by atoms with Crippen molar-refractivity contribution >= 4 is 12.4 Å². The van der Waals surface area contributed by atoms with Gasteiger partial charge in [0.05, 0.1) is 0 Å². The maximum Gasteiger partial charge on any atom is 0.461 e. The Morgan fingerprint density at radius 3 is 2.15 bits per heavy atom. The van der Waals surface area contributed by atoms with Crippen LogP contribution < -0.4 is 10.5 Å². The van der Waals surface area contributed by atoms with Crippen LogP contribution in [0.3, 0.4) is 0 Å². The molecule has 116 valence electrons. The van der Waals surface area contributed by atoms with E-state index in [9.17, 15) is 26.3 Å². The highest BCUT2D eigenvalue weighted by Crippen LogP contribution is 2.33. The smallest absolute Gasteiger partial charge is 0.428 e. The molecule has 0 aliphatic carbocycles. The number of hydrogen-bond donors (Lipinski definition) is 1. The van der Waals surface area contributed by atoms with Crippen LogP contribution in [0.2, 0.25) is 0 Å². The molecule has 0 unspecified atom stereocenters. The summed E-state index contributed by atoms with van der Waals surface area (Å²) in [6.45, 7) is 0. The number of rotatable bonds is 6. The minimum atomic E-state index is -4.71. The van der Waals surface area contributed by atoms with Gasteiger partial charge in [-0.25, -0.2) is 8.78 Å². The van der Waals surface area contributed by atoms with Crippen molar-refractivity contribution in [2.24, 2.45) is 5.73 Å². The van der Waals surface area contributed by atoms with Crippen LogP contribution >= 0.6 is 12.4 Å². The first-order chi connectivity index (χ1) is 8.74. The molecule has 0 heterocycles. The van der Waals surface area contributed by atoms with Crippen LogP contribution in [-0.2, 0) is 0 Å². The minimum absolute atomic E-state index is 0. The third-order valence-electron chi connectivity index (χ3n) is 2.25. The van der Waals surface area contributed by atoms with E-state index in [2.05, 4.69) is 4.74 Å². The summed E-state index contributed by atoms with van der Waals surface area (Å²) in [5, 5.41) is 0. The number of hydrogen-bond acceptors (Lipinski definition) is 2. The standard InChI is InChI=1S/C11H11F6NO.ClH/c12-9(13)5-7(18)6-3-1-2-4-8(6)19-11(16,17)10(14)15;/h1-4,7,9-10H,5,18H2;1H/t7-;/m0./s1. The quantitative estimate of drug-likeness (QED) is 0.803. The minimum Gasteiger partial charge on any atom is -0.428 e. The lowest BCUT2D eigenvalue weighted by atomic mass is 10.0. The average molecular weight is 324 g/mol. The Morgan fingerprint density at radius 1 is 1.10 bits per heavy atom. The lowest BCUT2D eigenvalue weighted by molar-refractivity contribution is -0.253. The number of para-hydroxylation sites is 1. The Balaban J connectivity index is 0.00000361. The lowest BCUT2D eigenvalue weighted by Gasteiger charge is -2.21. The number of ether oxygens (including phenoxy) is 1. The summed E-state index contributed by atoms with van der Waals surface area (Å²) in [5.74, 6) is -0.638. The van der Waals surface area contributed by atoms with Gasteiger partial charge in [0.1, 0.15) is 5.75 Å². The van der Waals surface area contributed by atoms with Crippen molar-refractivity contribution in [3.05, 3.63) is 29.8 Å². The highest BCUT2D eigenvalue weighted by molar-refractivity contribution is 5.85. The maximum atomic E-state index is 12.8. The second-order valence-electron chi connectivity index (χ2n) is 3.74. The SMILES string of the molecule is Cl.N[C@@H](CC(F)F)c1ccccc1OC(F)(F)C(F)F. The molecular formula is C11H12ClF6NO. The number of halogens is 7. The van der Waals surface area contributed by atoms with E-state index >= 15 is 0 Å². The zero-order valence-corrected chi connectivity index (χ0v) is 10.7. The predicted molar refractivity (Wildman–Crippen MR) is 62.8 cm³/mol. The van der Waals surface area contributed by atoms with Crippen LogP contribution in [0.15, 0.2) is 24.3 Å². The molecule has 0 fully saturated rings. The van der Waals surface area contributed by atoms with Gasteiger partial charge in [-0.15, -0.1) is 12.4 Å². The van der Waals surface area contributed by atoms with E-state index in [4.69, 9.17) is 5.73 Å². The molecule has 2 N–H and O–H groups in total. The topological polar surface area (TPSA) is 35.2 Å². The molecule has 1 aromatic rings. The van der Waals surface area contributed by atoms with Crippen molar-refractivity contribution in [3.8, 4) is 5.75 Å². The first-order valence-corrected chi connectivity index (χ1v) is 5.21. The molecule has 0 bridgehead atoms. The molecule has 1 rings (SSSR count). The first kappa shape index (κ1) is 18.9. The van der Waals surface area contributed by atoms with Crippen LogP contribution in [0.5, 0.6) is 5.75 Å². The van der Waals surface area contributed by atoms with Crippen molar-refractivity contribution in [3.63, 3.8) is 0 Å². The Hall–Kier alpha value is -1.15. The predicted octanol–water partition coefficient (Wildman–Crippen LogP) is 4.00. The van der Waals surface area contributed by atoms with Crippen LogP contribution in [0, 0.1) is 0 Å². The zero-order valence-electron chi connectivity index (χ0n) is 9.91. The van der Waals surface area contributed by atoms with Crippen molar-refractivity contribution in [1.29, 1.82) is 0 Å². The van der Waals surface area contributed by atoms with Crippen molar-refractivity contribution in [2.45, 2.75) is 31.4 Å². The monoisotopic (exact) mass is 323 g/mol. The van der Waals surface area contributed by atoms with Gasteiger partial charge in [-0.3, -0.25) is 0 Å². The Bertz CT molecular complexity index is 418. The van der Waals surface area contributed by atoms with Crippen molar-refractivity contribution in [1.82, 2.24) is 0 Å². The molecule has 9 heteroatoms. The van der Waals surface area contributed by atoms with Gasteiger partial charge in [0, 0.05) is 18.0 Å². The largest absolute Gasteiger partial charge is 0.461 e. The van der Waals surface area contributed by atoms with Crippen LogP contribution in [0.4, 0.5) is 26.3 Å². The summed E-state index contributed by atoms with van der Waals surface area (Å²) < 4.78 is 77.8. The maximum absolute atomic E-state index is 12.8. The molecule has 20 heavy (non-hydrogen) atoms. The Kier molecular flexibility index (Phi) is 7.15. The fourth-order valence-electron chi connectivity index (χ4n) is 1.39. The Labute approximate surface area is 117 Å². The molecule has 0 spiro atoms. The van der Waals surface area contributed by atoms with E-state index in [1.165, 1.54) is 18.2 Å². The number of nitrogens with two attached hydrogens (primary N) is 1. The number of alkyl halides is 6.